The first-order chi connectivity index (χ1) is 11.8. The molecular weight excluding hydrogens is 386 g/mol. The van der Waals surface area contributed by atoms with Gasteiger partial charge in [-0.25, -0.2) is 4.79 Å². The van der Waals surface area contributed by atoms with Crippen LogP contribution < -0.4 is 4.74 Å². The lowest BCUT2D eigenvalue weighted by Gasteiger charge is -2.27. The summed E-state index contributed by atoms with van der Waals surface area (Å²) in [5.41, 5.74) is 1.84. The summed E-state index contributed by atoms with van der Waals surface area (Å²) in [5, 5.41) is 8.95. The fourth-order valence-electron chi connectivity index (χ4n) is 2.59. The van der Waals surface area contributed by atoms with Crippen molar-refractivity contribution in [2.24, 2.45) is 0 Å². The van der Waals surface area contributed by atoms with Crippen LogP contribution in [0.3, 0.4) is 0 Å². The smallest absolute Gasteiger partial charge is 0.328 e. The molecule has 1 fully saturated rings. The minimum absolute atomic E-state index is 0.0410. The van der Waals surface area contributed by atoms with Crippen molar-refractivity contribution in [2.75, 3.05) is 39.5 Å². The molecular formula is C19H26BrNO4. The molecule has 1 aromatic rings. The number of carboxylic acids is 1. The highest BCUT2D eigenvalue weighted by Crippen LogP contribution is 2.36. The predicted octanol–water partition coefficient (Wildman–Crippen LogP) is 3.56. The molecule has 0 unspecified atom stereocenters. The molecule has 1 saturated heterocycles. The minimum atomic E-state index is -0.975. The van der Waals surface area contributed by atoms with E-state index in [4.69, 9.17) is 14.6 Å². The van der Waals surface area contributed by atoms with Gasteiger partial charge >= 0.3 is 5.97 Å². The summed E-state index contributed by atoms with van der Waals surface area (Å²) >= 11 is 3.58. The first kappa shape index (κ1) is 19.9. The van der Waals surface area contributed by atoms with Crippen LogP contribution in [0.4, 0.5) is 0 Å². The Hall–Kier alpha value is -1.37. The van der Waals surface area contributed by atoms with Crippen LogP contribution in [0.2, 0.25) is 0 Å². The van der Waals surface area contributed by atoms with Gasteiger partial charge in [-0.2, -0.15) is 0 Å². The van der Waals surface area contributed by atoms with Gasteiger partial charge in [0.15, 0.2) is 0 Å². The van der Waals surface area contributed by atoms with E-state index in [9.17, 15) is 4.79 Å². The van der Waals surface area contributed by atoms with Gasteiger partial charge in [0.05, 0.1) is 17.7 Å². The molecule has 0 amide bonds. The SMILES string of the molecule is CC(C)(C)c1cc(Br)c(OCCN2CCOCC2)c(/C=C/C(=O)O)c1. The summed E-state index contributed by atoms with van der Waals surface area (Å²) < 4.78 is 12.2. The van der Waals surface area contributed by atoms with Crippen LogP contribution in [0.1, 0.15) is 31.9 Å². The molecule has 0 bridgehead atoms. The van der Waals surface area contributed by atoms with E-state index in [1.54, 1.807) is 6.08 Å². The van der Waals surface area contributed by atoms with Crippen molar-refractivity contribution < 1.29 is 19.4 Å². The maximum Gasteiger partial charge on any atom is 0.328 e. The van der Waals surface area contributed by atoms with Gasteiger partial charge in [-0.3, -0.25) is 4.90 Å². The topological polar surface area (TPSA) is 59.0 Å². The average molecular weight is 412 g/mol. The Labute approximate surface area is 157 Å². The molecule has 1 aromatic carbocycles. The third-order valence-corrected chi connectivity index (χ3v) is 4.69. The zero-order chi connectivity index (χ0) is 18.4. The first-order valence-electron chi connectivity index (χ1n) is 8.45. The lowest BCUT2D eigenvalue weighted by Crippen LogP contribution is -2.38. The van der Waals surface area contributed by atoms with Crippen LogP contribution in [0.15, 0.2) is 22.7 Å². The summed E-state index contributed by atoms with van der Waals surface area (Å²) in [5.74, 6) is -0.296. The number of hydrogen-bond acceptors (Lipinski definition) is 4. The highest BCUT2D eigenvalue weighted by atomic mass is 79.9. The number of benzene rings is 1. The molecule has 1 aliphatic rings. The number of ether oxygens (including phenoxy) is 2. The van der Waals surface area contributed by atoms with E-state index in [0.717, 1.165) is 54.5 Å². The van der Waals surface area contributed by atoms with Gasteiger partial charge < -0.3 is 14.6 Å². The molecule has 0 radical (unpaired) electrons. The van der Waals surface area contributed by atoms with E-state index in [-0.39, 0.29) is 5.41 Å². The van der Waals surface area contributed by atoms with Crippen LogP contribution >= 0.6 is 15.9 Å². The number of aliphatic carboxylic acids is 1. The van der Waals surface area contributed by atoms with Crippen molar-refractivity contribution in [1.29, 1.82) is 0 Å². The van der Waals surface area contributed by atoms with Crippen molar-refractivity contribution >= 4 is 28.0 Å². The lowest BCUT2D eigenvalue weighted by atomic mass is 9.86. The molecule has 25 heavy (non-hydrogen) atoms. The maximum absolute atomic E-state index is 10.9. The summed E-state index contributed by atoms with van der Waals surface area (Å²) in [6, 6.07) is 4.04. The first-order valence-corrected chi connectivity index (χ1v) is 9.24. The van der Waals surface area contributed by atoms with E-state index >= 15 is 0 Å². The lowest BCUT2D eigenvalue weighted by molar-refractivity contribution is -0.131. The minimum Gasteiger partial charge on any atom is -0.490 e. The van der Waals surface area contributed by atoms with E-state index in [1.165, 1.54) is 0 Å². The molecule has 138 valence electrons. The number of halogens is 1. The second kappa shape index (κ2) is 8.83. The Bertz CT molecular complexity index is 631. The standard InChI is InChI=1S/C19H26BrNO4/c1-19(2,3)15-12-14(4-5-17(22)23)18(16(20)13-15)25-11-8-21-6-9-24-10-7-21/h4-5,12-13H,6-11H2,1-3H3,(H,22,23)/b5-4+. The van der Waals surface area contributed by atoms with Gasteiger partial charge in [0.25, 0.3) is 0 Å². The van der Waals surface area contributed by atoms with Crippen LogP contribution in [0, 0.1) is 0 Å². The van der Waals surface area contributed by atoms with E-state index < -0.39 is 5.97 Å². The zero-order valence-electron chi connectivity index (χ0n) is 15.0. The second-order valence-corrected chi connectivity index (χ2v) is 7.95. The molecule has 0 aromatic heterocycles. The Morgan fingerprint density at radius 2 is 2.04 bits per heavy atom. The van der Waals surface area contributed by atoms with Crippen molar-refractivity contribution in [1.82, 2.24) is 4.90 Å². The highest BCUT2D eigenvalue weighted by molar-refractivity contribution is 9.10. The molecule has 2 rings (SSSR count). The van der Waals surface area contributed by atoms with Crippen LogP contribution in [-0.2, 0) is 14.9 Å². The van der Waals surface area contributed by atoms with Gasteiger partial charge in [0.1, 0.15) is 12.4 Å². The molecule has 1 aliphatic heterocycles. The molecule has 0 spiro atoms. The summed E-state index contributed by atoms with van der Waals surface area (Å²) in [4.78, 5) is 13.2. The normalized spacial score (nSPS) is 16.3. The van der Waals surface area contributed by atoms with Gasteiger partial charge in [-0.1, -0.05) is 20.8 Å². The van der Waals surface area contributed by atoms with Gasteiger partial charge in [-0.05, 0) is 45.1 Å². The fraction of sp³-hybridized carbons (Fsp3) is 0.526. The summed E-state index contributed by atoms with van der Waals surface area (Å²) in [6.45, 7) is 11.1. The molecule has 0 saturated carbocycles. The zero-order valence-corrected chi connectivity index (χ0v) is 16.6. The molecule has 1 heterocycles. The number of hydrogen-bond donors (Lipinski definition) is 1. The van der Waals surface area contributed by atoms with Gasteiger partial charge in [0, 0.05) is 31.3 Å². The Morgan fingerprint density at radius 1 is 1.36 bits per heavy atom. The van der Waals surface area contributed by atoms with Crippen LogP contribution in [-0.4, -0.2) is 55.4 Å². The molecule has 6 heteroatoms. The second-order valence-electron chi connectivity index (χ2n) is 7.10. The number of rotatable bonds is 6. The Morgan fingerprint density at radius 3 is 2.64 bits per heavy atom. The Balaban J connectivity index is 2.17. The van der Waals surface area contributed by atoms with Crippen LogP contribution in [0.25, 0.3) is 6.08 Å². The van der Waals surface area contributed by atoms with Gasteiger partial charge in [0.2, 0.25) is 0 Å². The van der Waals surface area contributed by atoms with Crippen molar-refractivity contribution in [3.63, 3.8) is 0 Å². The van der Waals surface area contributed by atoms with Crippen LogP contribution in [0.5, 0.6) is 5.75 Å². The predicted molar refractivity (Wildman–Crippen MR) is 102 cm³/mol. The number of carbonyl (C=O) groups is 1. The number of carboxylic acid groups (broad SMARTS) is 1. The summed E-state index contributed by atoms with van der Waals surface area (Å²) in [6.07, 6.45) is 2.73. The van der Waals surface area contributed by atoms with E-state index in [2.05, 4.69) is 41.6 Å². The summed E-state index contributed by atoms with van der Waals surface area (Å²) in [7, 11) is 0. The average Bonchev–Trinajstić information content (AvgIpc) is 2.54. The quantitative estimate of drug-likeness (QED) is 0.725. The molecule has 0 atom stereocenters. The molecule has 1 N–H and O–H groups in total. The fourth-order valence-corrected chi connectivity index (χ4v) is 3.18. The van der Waals surface area contributed by atoms with Gasteiger partial charge in [-0.15, -0.1) is 0 Å². The van der Waals surface area contributed by atoms with E-state index in [1.807, 2.05) is 12.1 Å². The van der Waals surface area contributed by atoms with Crippen molar-refractivity contribution in [3.05, 3.63) is 33.8 Å². The van der Waals surface area contributed by atoms with Crippen molar-refractivity contribution in [3.8, 4) is 5.75 Å². The third kappa shape index (κ3) is 6.13. The molecule has 5 nitrogen and oxygen atoms in total. The molecule has 0 aliphatic carbocycles. The Kier molecular flexibility index (Phi) is 7.04. The number of nitrogens with zero attached hydrogens (tertiary/aromatic N) is 1. The largest absolute Gasteiger partial charge is 0.490 e. The maximum atomic E-state index is 10.9. The number of morpholine rings is 1. The monoisotopic (exact) mass is 411 g/mol. The van der Waals surface area contributed by atoms with E-state index in [0.29, 0.717) is 12.4 Å². The van der Waals surface area contributed by atoms with Crippen molar-refractivity contribution in [2.45, 2.75) is 26.2 Å². The highest BCUT2D eigenvalue weighted by Gasteiger charge is 2.19. The third-order valence-electron chi connectivity index (χ3n) is 4.10.